The number of nitrogens with one attached hydrogen (secondary N) is 2. The summed E-state index contributed by atoms with van der Waals surface area (Å²) in [6.45, 7) is 0.319. The van der Waals surface area contributed by atoms with Gasteiger partial charge in [-0.15, -0.1) is 0 Å². The smallest absolute Gasteiger partial charge is 0.334 e. The van der Waals surface area contributed by atoms with E-state index in [0.717, 1.165) is 18.9 Å². The molecule has 1 unspecified atom stereocenters. The number of nitrogens with zero attached hydrogens (tertiary/aromatic N) is 1. The summed E-state index contributed by atoms with van der Waals surface area (Å²) in [4.78, 5) is 37.9. The molecule has 4 amide bonds. The third-order valence-corrected chi connectivity index (χ3v) is 6.30. The molecule has 1 aromatic rings. The van der Waals surface area contributed by atoms with Crippen molar-refractivity contribution in [3.05, 3.63) is 33.3 Å². The van der Waals surface area contributed by atoms with Crippen LogP contribution in [-0.2, 0) is 28.9 Å². The molecule has 3 aliphatic rings. The predicted molar refractivity (Wildman–Crippen MR) is 94.8 cm³/mol. The highest BCUT2D eigenvalue weighted by Crippen LogP contribution is 2.44. The van der Waals surface area contributed by atoms with Gasteiger partial charge < -0.3 is 10.2 Å². The number of amides is 4. The van der Waals surface area contributed by atoms with Gasteiger partial charge >= 0.3 is 12.2 Å². The molecule has 2 fully saturated rings. The zero-order valence-corrected chi connectivity index (χ0v) is 16.2. The number of hydrogen-bond donors (Lipinski definition) is 2. The average molecular weight is 460 g/mol. The molecule has 1 aromatic carbocycles. The molecule has 10 heteroatoms. The second-order valence-corrected chi connectivity index (χ2v) is 8.36. The van der Waals surface area contributed by atoms with Crippen molar-refractivity contribution in [2.24, 2.45) is 5.92 Å². The van der Waals surface area contributed by atoms with Crippen molar-refractivity contribution in [3.63, 3.8) is 0 Å². The first-order valence-corrected chi connectivity index (χ1v) is 9.69. The Hall–Kier alpha value is -2.10. The first kappa shape index (κ1) is 19.2. The van der Waals surface area contributed by atoms with Gasteiger partial charge in [0.2, 0.25) is 5.91 Å². The third-order valence-electron chi connectivity index (χ3n) is 5.65. The Bertz CT molecular complexity index is 885. The Balaban J connectivity index is 1.45. The van der Waals surface area contributed by atoms with Crippen LogP contribution in [0.2, 0.25) is 0 Å². The van der Waals surface area contributed by atoms with Crippen LogP contribution >= 0.6 is 15.9 Å². The molecule has 28 heavy (non-hydrogen) atoms. The van der Waals surface area contributed by atoms with Gasteiger partial charge in [-0.05, 0) is 48.4 Å². The van der Waals surface area contributed by atoms with E-state index in [0.29, 0.717) is 11.1 Å². The fraction of sp³-hybridized carbons (Fsp3) is 0.500. The van der Waals surface area contributed by atoms with E-state index >= 15 is 0 Å². The molecule has 6 nitrogen and oxygen atoms in total. The first-order chi connectivity index (χ1) is 13.1. The van der Waals surface area contributed by atoms with E-state index in [9.17, 15) is 27.6 Å². The van der Waals surface area contributed by atoms with Crippen molar-refractivity contribution in [3.8, 4) is 0 Å². The molecule has 150 valence electrons. The Morgan fingerprint density at radius 1 is 1.21 bits per heavy atom. The molecule has 1 saturated carbocycles. The lowest BCUT2D eigenvalue weighted by molar-refractivity contribution is -0.138. The van der Waals surface area contributed by atoms with Crippen LogP contribution in [0.25, 0.3) is 0 Å². The first-order valence-electron chi connectivity index (χ1n) is 8.90. The highest BCUT2D eigenvalue weighted by atomic mass is 79.9. The van der Waals surface area contributed by atoms with E-state index in [1.807, 2.05) is 0 Å². The number of hydrogen-bond acceptors (Lipinski definition) is 3. The number of carbonyl (C=O) groups excluding carboxylic acids is 3. The van der Waals surface area contributed by atoms with Gasteiger partial charge in [0.25, 0.3) is 5.91 Å². The normalized spacial score (nSPS) is 24.2. The highest BCUT2D eigenvalue weighted by Gasteiger charge is 2.55. The van der Waals surface area contributed by atoms with Gasteiger partial charge in [-0.3, -0.25) is 14.9 Å². The second-order valence-electron chi connectivity index (χ2n) is 7.50. The summed E-state index contributed by atoms with van der Waals surface area (Å²) in [5, 5.41) is 4.91. The molecule has 1 atom stereocenters. The molecule has 0 spiro atoms. The Kier molecular flexibility index (Phi) is 4.44. The molecular formula is C18H17BrF3N3O3. The lowest BCUT2D eigenvalue weighted by atomic mass is 9.88. The summed E-state index contributed by atoms with van der Waals surface area (Å²) >= 11 is 2.95. The number of alkyl halides is 3. The predicted octanol–water partition coefficient (Wildman–Crippen LogP) is 3.08. The van der Waals surface area contributed by atoms with Crippen LogP contribution in [-0.4, -0.2) is 28.3 Å². The molecule has 2 aliphatic heterocycles. The van der Waals surface area contributed by atoms with Crippen LogP contribution in [0.3, 0.4) is 0 Å². The quantitative estimate of drug-likeness (QED) is 0.679. The van der Waals surface area contributed by atoms with Gasteiger partial charge in [0.05, 0.1) is 5.56 Å². The van der Waals surface area contributed by atoms with Crippen molar-refractivity contribution in [1.29, 1.82) is 0 Å². The molecule has 1 aliphatic carbocycles. The van der Waals surface area contributed by atoms with E-state index in [1.165, 1.54) is 11.0 Å². The number of fused-ring (bicyclic) bond motifs is 1. The van der Waals surface area contributed by atoms with E-state index < -0.39 is 29.2 Å². The van der Waals surface area contributed by atoms with Gasteiger partial charge in [-0.1, -0.05) is 15.9 Å². The van der Waals surface area contributed by atoms with E-state index in [-0.39, 0.29) is 42.2 Å². The highest BCUT2D eigenvalue weighted by molar-refractivity contribution is 9.10. The van der Waals surface area contributed by atoms with Crippen LogP contribution in [0, 0.1) is 5.92 Å². The minimum atomic E-state index is -4.48. The number of rotatable bonds is 4. The largest absolute Gasteiger partial charge is 0.417 e. The van der Waals surface area contributed by atoms with Gasteiger partial charge in [0.15, 0.2) is 0 Å². The molecule has 4 rings (SSSR count). The van der Waals surface area contributed by atoms with Gasteiger partial charge in [-0.25, -0.2) is 4.79 Å². The molecular weight excluding hydrogens is 443 g/mol. The number of benzene rings is 1. The second kappa shape index (κ2) is 6.47. The maximum Gasteiger partial charge on any atom is 0.417 e. The Labute approximate surface area is 167 Å². The van der Waals surface area contributed by atoms with Gasteiger partial charge in [0.1, 0.15) is 5.54 Å². The van der Waals surface area contributed by atoms with Crippen molar-refractivity contribution >= 4 is 33.8 Å². The van der Waals surface area contributed by atoms with E-state index in [1.54, 1.807) is 0 Å². The standard InChI is InChI=1S/C18H17BrF3N3O3/c19-13-6-10-8-25(7-9(10)5-12(13)18(20,21)22)14(26)3-4-17(11-1-2-11)15(27)23-16(28)24-17/h5-6,11H,1-4,7-8H2,(H2,23,24,27,28). The van der Waals surface area contributed by atoms with Crippen LogP contribution in [0.1, 0.15) is 42.4 Å². The van der Waals surface area contributed by atoms with Crippen LogP contribution in [0.5, 0.6) is 0 Å². The third kappa shape index (κ3) is 3.27. The number of urea groups is 1. The minimum Gasteiger partial charge on any atom is -0.334 e. The monoisotopic (exact) mass is 459 g/mol. The van der Waals surface area contributed by atoms with Crippen molar-refractivity contribution in [2.45, 2.75) is 50.5 Å². The summed E-state index contributed by atoms with van der Waals surface area (Å²) in [5.74, 6) is -0.640. The van der Waals surface area contributed by atoms with E-state index in [2.05, 4.69) is 26.6 Å². The van der Waals surface area contributed by atoms with Crippen LogP contribution < -0.4 is 10.6 Å². The fourth-order valence-electron chi connectivity index (χ4n) is 4.03. The number of carbonyl (C=O) groups is 3. The fourth-order valence-corrected chi connectivity index (χ4v) is 4.64. The topological polar surface area (TPSA) is 78.5 Å². The molecule has 2 heterocycles. The van der Waals surface area contributed by atoms with Crippen LogP contribution in [0.4, 0.5) is 18.0 Å². The Morgan fingerprint density at radius 3 is 2.39 bits per heavy atom. The Morgan fingerprint density at radius 2 is 1.86 bits per heavy atom. The summed E-state index contributed by atoms with van der Waals surface area (Å²) < 4.78 is 39.2. The maximum absolute atomic E-state index is 13.1. The molecule has 1 saturated heterocycles. The summed E-state index contributed by atoms with van der Waals surface area (Å²) in [5.41, 5.74) is -0.686. The number of halogens is 4. The summed E-state index contributed by atoms with van der Waals surface area (Å²) in [6, 6.07) is 1.92. The summed E-state index contributed by atoms with van der Waals surface area (Å²) in [6.07, 6.45) is -2.64. The molecule has 0 bridgehead atoms. The van der Waals surface area contributed by atoms with E-state index in [4.69, 9.17) is 0 Å². The minimum absolute atomic E-state index is 0.0211. The van der Waals surface area contributed by atoms with Gasteiger partial charge in [-0.2, -0.15) is 13.2 Å². The SMILES string of the molecule is O=C1NC(=O)C(CCC(=O)N2Cc3cc(Br)c(C(F)(F)F)cc3C2)(C2CC2)N1. The van der Waals surface area contributed by atoms with Crippen molar-refractivity contribution in [2.75, 3.05) is 0 Å². The molecule has 0 radical (unpaired) electrons. The van der Waals surface area contributed by atoms with Gasteiger partial charge in [0, 0.05) is 24.0 Å². The van der Waals surface area contributed by atoms with Crippen molar-refractivity contribution in [1.82, 2.24) is 15.5 Å². The zero-order valence-electron chi connectivity index (χ0n) is 14.7. The average Bonchev–Trinajstić information content (AvgIpc) is 3.30. The van der Waals surface area contributed by atoms with Crippen LogP contribution in [0.15, 0.2) is 16.6 Å². The summed E-state index contributed by atoms with van der Waals surface area (Å²) in [7, 11) is 0. The number of imide groups is 1. The lowest BCUT2D eigenvalue weighted by Crippen LogP contribution is -2.49. The lowest BCUT2D eigenvalue weighted by Gasteiger charge is -2.26. The van der Waals surface area contributed by atoms with Crippen molar-refractivity contribution < 1.29 is 27.6 Å². The maximum atomic E-state index is 13.1. The molecule has 0 aromatic heterocycles. The molecule has 2 N–H and O–H groups in total. The zero-order chi connectivity index (χ0) is 20.3.